The molecule has 1 aliphatic rings. The summed E-state index contributed by atoms with van der Waals surface area (Å²) in [6.07, 6.45) is 3.93. The molecular weight excluding hydrogens is 499 g/mol. The largest absolute Gasteiger partial charge is 0.383 e. The minimum atomic E-state index is -0.257. The SMILES string of the molecule is Cc1ccc(CN2CCc3ccnc(NCc4ccc(-c5ccc6ncnc(N)c6c5)s4)c3C2=O)cc1F. The van der Waals surface area contributed by atoms with Crippen LogP contribution in [-0.4, -0.2) is 32.3 Å². The maximum Gasteiger partial charge on any atom is 0.258 e. The van der Waals surface area contributed by atoms with Crippen molar-refractivity contribution in [3.63, 3.8) is 0 Å². The Balaban J connectivity index is 1.19. The number of benzene rings is 2. The summed E-state index contributed by atoms with van der Waals surface area (Å²) < 4.78 is 14.1. The first kappa shape index (κ1) is 24.0. The monoisotopic (exact) mass is 524 g/mol. The normalized spacial score (nSPS) is 13.1. The standard InChI is InChI=1S/C29H25FN6OS/c1-17-2-3-18(12-23(17)30)15-36-11-9-19-8-10-32-28(26(19)29(36)37)33-14-21-5-7-25(38-21)20-4-6-24-22(13-20)27(31)35-16-34-24/h2-8,10,12-13,16H,9,11,14-15H2,1H3,(H,32,33)(H2,31,34,35). The van der Waals surface area contributed by atoms with Gasteiger partial charge in [0, 0.05) is 34.4 Å². The number of aryl methyl sites for hydroxylation is 1. The number of pyridine rings is 1. The molecule has 38 heavy (non-hydrogen) atoms. The molecule has 6 rings (SSSR count). The zero-order valence-corrected chi connectivity index (χ0v) is 21.6. The van der Waals surface area contributed by atoms with Gasteiger partial charge in [-0.1, -0.05) is 18.2 Å². The maximum atomic E-state index is 14.1. The van der Waals surface area contributed by atoms with Gasteiger partial charge in [0.25, 0.3) is 5.91 Å². The Morgan fingerprint density at radius 3 is 2.84 bits per heavy atom. The molecule has 1 amide bonds. The van der Waals surface area contributed by atoms with Crippen molar-refractivity contribution < 1.29 is 9.18 Å². The quantitative estimate of drug-likeness (QED) is 0.300. The molecule has 4 heterocycles. The predicted molar refractivity (Wildman–Crippen MR) is 148 cm³/mol. The topological polar surface area (TPSA) is 97.0 Å². The zero-order chi connectivity index (χ0) is 26.2. The van der Waals surface area contributed by atoms with E-state index in [0.717, 1.165) is 43.8 Å². The van der Waals surface area contributed by atoms with Crippen LogP contribution in [0.3, 0.4) is 0 Å². The third-order valence-corrected chi connectivity index (χ3v) is 7.98. The molecular formula is C29H25FN6OS. The number of nitrogens with zero attached hydrogens (tertiary/aromatic N) is 4. The van der Waals surface area contributed by atoms with E-state index in [1.807, 2.05) is 30.3 Å². The van der Waals surface area contributed by atoms with Gasteiger partial charge in [-0.3, -0.25) is 4.79 Å². The Hall–Kier alpha value is -4.37. The summed E-state index contributed by atoms with van der Waals surface area (Å²) in [5, 5.41) is 4.20. The van der Waals surface area contributed by atoms with Gasteiger partial charge in [-0.2, -0.15) is 0 Å². The lowest BCUT2D eigenvalue weighted by Gasteiger charge is -2.29. The number of hydrogen-bond donors (Lipinski definition) is 2. The number of aromatic nitrogens is 3. The van der Waals surface area contributed by atoms with Crippen molar-refractivity contribution in [3.8, 4) is 10.4 Å². The molecule has 0 radical (unpaired) electrons. The molecule has 0 bridgehead atoms. The van der Waals surface area contributed by atoms with E-state index in [0.29, 0.717) is 42.4 Å². The van der Waals surface area contributed by atoms with Crippen molar-refractivity contribution >= 4 is 39.8 Å². The zero-order valence-electron chi connectivity index (χ0n) is 20.7. The highest BCUT2D eigenvalue weighted by atomic mass is 32.1. The van der Waals surface area contributed by atoms with Crippen molar-refractivity contribution in [3.05, 3.63) is 100 Å². The van der Waals surface area contributed by atoms with Crippen molar-refractivity contribution in [2.75, 3.05) is 17.6 Å². The second-order valence-corrected chi connectivity index (χ2v) is 10.5. The fourth-order valence-electron chi connectivity index (χ4n) is 4.73. The number of nitrogens with one attached hydrogen (secondary N) is 1. The van der Waals surface area contributed by atoms with E-state index in [4.69, 9.17) is 5.73 Å². The summed E-state index contributed by atoms with van der Waals surface area (Å²) in [6.45, 7) is 3.21. The van der Waals surface area contributed by atoms with E-state index >= 15 is 0 Å². The third kappa shape index (κ3) is 4.56. The number of rotatable bonds is 6. The molecule has 0 atom stereocenters. The number of anilines is 2. The van der Waals surface area contributed by atoms with Gasteiger partial charge in [-0.15, -0.1) is 11.3 Å². The Labute approximate surface area is 223 Å². The average molecular weight is 525 g/mol. The lowest BCUT2D eigenvalue weighted by molar-refractivity contribution is 0.0727. The lowest BCUT2D eigenvalue weighted by atomic mass is 9.99. The molecule has 0 fully saturated rings. The minimum Gasteiger partial charge on any atom is -0.383 e. The fourth-order valence-corrected chi connectivity index (χ4v) is 5.68. The van der Waals surface area contributed by atoms with E-state index in [1.165, 1.54) is 12.4 Å². The summed E-state index contributed by atoms with van der Waals surface area (Å²) in [5.41, 5.74) is 10.8. The van der Waals surface area contributed by atoms with Crippen LogP contribution < -0.4 is 11.1 Å². The highest BCUT2D eigenvalue weighted by Crippen LogP contribution is 2.32. The molecule has 0 saturated heterocycles. The van der Waals surface area contributed by atoms with Crippen LogP contribution in [0, 0.1) is 12.7 Å². The predicted octanol–water partition coefficient (Wildman–Crippen LogP) is 5.59. The molecule has 3 aromatic heterocycles. The Morgan fingerprint density at radius 2 is 1.97 bits per heavy atom. The molecule has 2 aromatic carbocycles. The Kier molecular flexibility index (Phi) is 6.21. The van der Waals surface area contributed by atoms with Crippen molar-refractivity contribution in [1.29, 1.82) is 0 Å². The van der Waals surface area contributed by atoms with Crippen LogP contribution in [0.2, 0.25) is 0 Å². The van der Waals surface area contributed by atoms with Gasteiger partial charge in [-0.25, -0.2) is 19.3 Å². The second-order valence-electron chi connectivity index (χ2n) is 9.36. The summed E-state index contributed by atoms with van der Waals surface area (Å²) in [6, 6.07) is 17.2. The van der Waals surface area contributed by atoms with Crippen molar-refractivity contribution in [1.82, 2.24) is 19.9 Å². The molecule has 5 aromatic rings. The summed E-state index contributed by atoms with van der Waals surface area (Å²) in [4.78, 5) is 30.3. The molecule has 1 aliphatic heterocycles. The first-order chi connectivity index (χ1) is 18.5. The molecule has 9 heteroatoms. The first-order valence-corrected chi connectivity index (χ1v) is 13.1. The molecule has 0 aliphatic carbocycles. The summed E-state index contributed by atoms with van der Waals surface area (Å²) in [5.74, 6) is 0.678. The van der Waals surface area contributed by atoms with Crippen LogP contribution in [0.15, 0.2) is 67.1 Å². The number of amides is 1. The average Bonchev–Trinajstić information content (AvgIpc) is 3.40. The molecule has 190 valence electrons. The second kappa shape index (κ2) is 9.83. The van der Waals surface area contributed by atoms with Crippen LogP contribution in [-0.2, 0) is 19.5 Å². The number of nitrogen functional groups attached to an aromatic ring is 1. The van der Waals surface area contributed by atoms with Crippen LogP contribution in [0.4, 0.5) is 16.0 Å². The number of carbonyl (C=O) groups is 1. The fraction of sp³-hybridized carbons (Fsp3) is 0.172. The molecule has 0 saturated carbocycles. The summed E-state index contributed by atoms with van der Waals surface area (Å²) >= 11 is 1.66. The van der Waals surface area contributed by atoms with Gasteiger partial charge < -0.3 is 16.0 Å². The summed E-state index contributed by atoms with van der Waals surface area (Å²) in [7, 11) is 0. The van der Waals surface area contributed by atoms with Gasteiger partial charge in [0.2, 0.25) is 0 Å². The number of fused-ring (bicyclic) bond motifs is 2. The van der Waals surface area contributed by atoms with Crippen LogP contribution in [0.5, 0.6) is 0 Å². The number of thiophene rings is 1. The number of carbonyl (C=O) groups excluding carboxylic acids is 1. The molecule has 3 N–H and O–H groups in total. The number of halogens is 1. The van der Waals surface area contributed by atoms with Crippen molar-refractivity contribution in [2.24, 2.45) is 0 Å². The molecule has 0 spiro atoms. The van der Waals surface area contributed by atoms with Crippen LogP contribution in [0.25, 0.3) is 21.3 Å². The Morgan fingerprint density at radius 1 is 1.08 bits per heavy atom. The Bertz CT molecular complexity index is 1680. The maximum absolute atomic E-state index is 14.1. The van der Waals surface area contributed by atoms with E-state index in [2.05, 4.69) is 32.4 Å². The van der Waals surface area contributed by atoms with E-state index in [9.17, 15) is 9.18 Å². The van der Waals surface area contributed by atoms with E-state index in [-0.39, 0.29) is 11.7 Å². The smallest absolute Gasteiger partial charge is 0.258 e. The lowest BCUT2D eigenvalue weighted by Crippen LogP contribution is -2.37. The number of nitrogens with two attached hydrogens (primary N) is 1. The minimum absolute atomic E-state index is 0.0920. The van der Waals surface area contributed by atoms with Crippen LogP contribution in [0.1, 0.15) is 31.9 Å². The van der Waals surface area contributed by atoms with Gasteiger partial charge in [0.1, 0.15) is 23.8 Å². The van der Waals surface area contributed by atoms with E-state index in [1.54, 1.807) is 35.4 Å². The van der Waals surface area contributed by atoms with E-state index < -0.39 is 0 Å². The molecule has 7 nitrogen and oxygen atoms in total. The van der Waals surface area contributed by atoms with Gasteiger partial charge in [0.05, 0.1) is 17.6 Å². The highest BCUT2D eigenvalue weighted by molar-refractivity contribution is 7.15. The third-order valence-electron chi connectivity index (χ3n) is 6.84. The van der Waals surface area contributed by atoms with Gasteiger partial charge >= 0.3 is 0 Å². The number of hydrogen-bond acceptors (Lipinski definition) is 7. The molecule has 0 unspecified atom stereocenters. The van der Waals surface area contributed by atoms with Gasteiger partial charge in [0.15, 0.2) is 0 Å². The van der Waals surface area contributed by atoms with Gasteiger partial charge in [-0.05, 0) is 72.0 Å². The highest BCUT2D eigenvalue weighted by Gasteiger charge is 2.28. The van der Waals surface area contributed by atoms with Crippen molar-refractivity contribution in [2.45, 2.75) is 26.4 Å². The first-order valence-electron chi connectivity index (χ1n) is 12.3. The van der Waals surface area contributed by atoms with Crippen LogP contribution >= 0.6 is 11.3 Å².